The average Bonchev–Trinajstić information content (AvgIpc) is 2.68. The molecule has 21 heavy (non-hydrogen) atoms. The van der Waals surface area contributed by atoms with Gasteiger partial charge in [-0.2, -0.15) is 0 Å². The highest BCUT2D eigenvalue weighted by Gasteiger charge is 2.20. The van der Waals surface area contributed by atoms with Crippen LogP contribution in [0.15, 0.2) is 18.2 Å². The van der Waals surface area contributed by atoms with Gasteiger partial charge in [-0.05, 0) is 44.9 Å². The maximum absolute atomic E-state index is 12.5. The van der Waals surface area contributed by atoms with Crippen molar-refractivity contribution in [1.82, 2.24) is 4.98 Å². The van der Waals surface area contributed by atoms with Crippen LogP contribution < -0.4 is 5.32 Å². The molecule has 0 unspecified atom stereocenters. The topological polar surface area (TPSA) is 62.0 Å². The Hall–Kier alpha value is -2.36. The van der Waals surface area contributed by atoms with E-state index in [0.29, 0.717) is 22.5 Å². The third kappa shape index (κ3) is 2.89. The summed E-state index contributed by atoms with van der Waals surface area (Å²) in [5.41, 5.74) is 5.40. The van der Waals surface area contributed by atoms with E-state index in [9.17, 15) is 9.59 Å². The molecule has 2 N–H and O–H groups in total. The van der Waals surface area contributed by atoms with Crippen molar-refractivity contribution in [2.75, 3.05) is 5.32 Å². The summed E-state index contributed by atoms with van der Waals surface area (Å²) in [6, 6.07) is 5.87. The predicted molar refractivity (Wildman–Crippen MR) is 84.1 cm³/mol. The van der Waals surface area contributed by atoms with Crippen molar-refractivity contribution < 1.29 is 9.59 Å². The van der Waals surface area contributed by atoms with Gasteiger partial charge in [-0.15, -0.1) is 0 Å². The Morgan fingerprint density at radius 2 is 1.76 bits per heavy atom. The molecular weight excluding hydrogens is 264 g/mol. The lowest BCUT2D eigenvalue weighted by atomic mass is 10.1. The van der Waals surface area contributed by atoms with Crippen molar-refractivity contribution in [1.29, 1.82) is 0 Å². The molecule has 0 fully saturated rings. The van der Waals surface area contributed by atoms with Crippen molar-refractivity contribution >= 4 is 17.4 Å². The Labute approximate surface area is 124 Å². The fourth-order valence-corrected chi connectivity index (χ4v) is 2.58. The van der Waals surface area contributed by atoms with Gasteiger partial charge in [-0.25, -0.2) is 0 Å². The number of amides is 1. The summed E-state index contributed by atoms with van der Waals surface area (Å²) in [7, 11) is 0. The van der Waals surface area contributed by atoms with Crippen molar-refractivity contribution in [2.45, 2.75) is 34.6 Å². The summed E-state index contributed by atoms with van der Waals surface area (Å²) in [6.45, 7) is 9.05. The molecule has 110 valence electrons. The molecule has 0 spiro atoms. The molecule has 0 aliphatic heterocycles. The third-order valence-electron chi connectivity index (χ3n) is 3.65. The molecule has 2 aromatic rings. The Bertz CT molecular complexity index is 727. The highest BCUT2D eigenvalue weighted by molar-refractivity contribution is 6.09. The zero-order valence-corrected chi connectivity index (χ0v) is 13.0. The van der Waals surface area contributed by atoms with Crippen LogP contribution in [0.25, 0.3) is 0 Å². The molecule has 1 aromatic heterocycles. The number of carbonyl (C=O) groups excluding carboxylic acids is 2. The van der Waals surface area contributed by atoms with Crippen LogP contribution in [0.2, 0.25) is 0 Å². The van der Waals surface area contributed by atoms with E-state index < -0.39 is 0 Å². The van der Waals surface area contributed by atoms with Crippen LogP contribution in [0.3, 0.4) is 0 Å². The molecule has 0 aliphatic carbocycles. The number of benzene rings is 1. The number of rotatable bonds is 3. The predicted octanol–water partition coefficient (Wildman–Crippen LogP) is 3.70. The number of aryl methyl sites for hydroxylation is 3. The molecule has 0 atom stereocenters. The van der Waals surface area contributed by atoms with Crippen LogP contribution in [0.5, 0.6) is 0 Å². The van der Waals surface area contributed by atoms with Gasteiger partial charge in [0.25, 0.3) is 5.91 Å². The van der Waals surface area contributed by atoms with E-state index in [-0.39, 0.29) is 11.7 Å². The molecule has 0 saturated carbocycles. The van der Waals surface area contributed by atoms with Crippen LogP contribution in [-0.4, -0.2) is 16.7 Å². The smallest absolute Gasteiger partial charge is 0.257 e. The third-order valence-corrected chi connectivity index (χ3v) is 3.65. The maximum atomic E-state index is 12.5. The van der Waals surface area contributed by atoms with Gasteiger partial charge in [-0.1, -0.05) is 17.7 Å². The number of anilines is 1. The quantitative estimate of drug-likeness (QED) is 0.844. The monoisotopic (exact) mass is 284 g/mol. The van der Waals surface area contributed by atoms with Gasteiger partial charge < -0.3 is 10.3 Å². The van der Waals surface area contributed by atoms with E-state index in [2.05, 4.69) is 10.3 Å². The average molecular weight is 284 g/mol. The first kappa shape index (κ1) is 15.0. The molecule has 4 heteroatoms. The Kier molecular flexibility index (Phi) is 3.98. The normalized spacial score (nSPS) is 10.5. The summed E-state index contributed by atoms with van der Waals surface area (Å²) >= 11 is 0. The maximum Gasteiger partial charge on any atom is 0.257 e. The molecule has 1 amide bonds. The van der Waals surface area contributed by atoms with Crippen LogP contribution in [0.1, 0.15) is 50.2 Å². The fraction of sp³-hybridized carbons (Fsp3) is 0.294. The standard InChI is InChI=1S/C17H20N2O2/c1-9-6-7-14(10(2)8-9)19-17(21)15-11(3)16(13(5)20)18-12(15)4/h6-8,18H,1-5H3,(H,19,21). The first-order chi connectivity index (χ1) is 9.81. The van der Waals surface area contributed by atoms with E-state index in [1.807, 2.05) is 32.0 Å². The highest BCUT2D eigenvalue weighted by atomic mass is 16.1. The van der Waals surface area contributed by atoms with E-state index in [4.69, 9.17) is 0 Å². The number of aromatic amines is 1. The van der Waals surface area contributed by atoms with Gasteiger partial charge in [0.05, 0.1) is 11.3 Å². The van der Waals surface area contributed by atoms with Crippen molar-refractivity contribution in [3.8, 4) is 0 Å². The second-order valence-electron chi connectivity index (χ2n) is 5.45. The van der Waals surface area contributed by atoms with Gasteiger partial charge in [0.15, 0.2) is 5.78 Å². The lowest BCUT2D eigenvalue weighted by molar-refractivity contribution is 0.101. The minimum atomic E-state index is -0.194. The summed E-state index contributed by atoms with van der Waals surface area (Å²) in [5, 5.41) is 2.92. The van der Waals surface area contributed by atoms with E-state index in [1.165, 1.54) is 6.92 Å². The minimum Gasteiger partial charge on any atom is -0.355 e. The van der Waals surface area contributed by atoms with Crippen LogP contribution >= 0.6 is 0 Å². The van der Waals surface area contributed by atoms with Gasteiger partial charge in [0, 0.05) is 18.3 Å². The molecule has 4 nitrogen and oxygen atoms in total. The number of nitrogens with one attached hydrogen (secondary N) is 2. The zero-order chi connectivity index (χ0) is 15.7. The van der Waals surface area contributed by atoms with Gasteiger partial charge in [0.2, 0.25) is 0 Å². The first-order valence-electron chi connectivity index (χ1n) is 6.90. The second kappa shape index (κ2) is 5.56. The van der Waals surface area contributed by atoms with Crippen molar-refractivity contribution in [2.24, 2.45) is 0 Å². The number of H-pyrrole nitrogens is 1. The van der Waals surface area contributed by atoms with E-state index in [1.54, 1.807) is 13.8 Å². The summed E-state index contributed by atoms with van der Waals surface area (Å²) < 4.78 is 0. The van der Waals surface area contributed by atoms with Crippen molar-refractivity contribution in [3.05, 3.63) is 51.8 Å². The van der Waals surface area contributed by atoms with Crippen LogP contribution in [0, 0.1) is 27.7 Å². The lowest BCUT2D eigenvalue weighted by Crippen LogP contribution is -2.14. The van der Waals surface area contributed by atoms with E-state index >= 15 is 0 Å². The molecule has 1 aromatic carbocycles. The molecule has 0 saturated heterocycles. The zero-order valence-electron chi connectivity index (χ0n) is 13.0. The second-order valence-corrected chi connectivity index (χ2v) is 5.45. The van der Waals surface area contributed by atoms with Crippen molar-refractivity contribution in [3.63, 3.8) is 0 Å². The summed E-state index contributed by atoms with van der Waals surface area (Å²) in [6.07, 6.45) is 0. The molecule has 0 radical (unpaired) electrons. The number of hydrogen-bond donors (Lipinski definition) is 2. The fourth-order valence-electron chi connectivity index (χ4n) is 2.58. The Morgan fingerprint density at radius 3 is 2.29 bits per heavy atom. The molecule has 2 rings (SSSR count). The number of Topliss-reactive ketones (excluding diaryl/α,β-unsaturated/α-hetero) is 1. The number of ketones is 1. The molecular formula is C17H20N2O2. The van der Waals surface area contributed by atoms with E-state index in [0.717, 1.165) is 16.8 Å². The Balaban J connectivity index is 2.35. The number of hydrogen-bond acceptors (Lipinski definition) is 2. The number of carbonyl (C=O) groups is 2. The summed E-state index contributed by atoms with van der Waals surface area (Å²) in [5.74, 6) is -0.262. The number of aromatic nitrogens is 1. The van der Waals surface area contributed by atoms with Gasteiger partial charge >= 0.3 is 0 Å². The SMILES string of the molecule is CC(=O)c1[nH]c(C)c(C(=O)Nc2ccc(C)cc2C)c1C. The minimum absolute atomic E-state index is 0.0684. The molecule has 0 bridgehead atoms. The van der Waals surface area contributed by atoms with Gasteiger partial charge in [-0.3, -0.25) is 9.59 Å². The highest BCUT2D eigenvalue weighted by Crippen LogP contribution is 2.22. The van der Waals surface area contributed by atoms with Crippen LogP contribution in [0.4, 0.5) is 5.69 Å². The van der Waals surface area contributed by atoms with Gasteiger partial charge in [0.1, 0.15) is 0 Å². The molecule has 1 heterocycles. The summed E-state index contributed by atoms with van der Waals surface area (Å²) in [4.78, 5) is 27.0. The Morgan fingerprint density at radius 1 is 1.10 bits per heavy atom. The first-order valence-corrected chi connectivity index (χ1v) is 6.90. The molecule has 0 aliphatic rings. The van der Waals surface area contributed by atoms with Crippen LogP contribution in [-0.2, 0) is 0 Å². The largest absolute Gasteiger partial charge is 0.355 e. The lowest BCUT2D eigenvalue weighted by Gasteiger charge is -2.09.